The number of benzene rings is 1. The van der Waals surface area contributed by atoms with E-state index in [9.17, 15) is 5.11 Å². The van der Waals surface area contributed by atoms with Gasteiger partial charge < -0.3 is 14.6 Å². The second-order valence-electron chi connectivity index (χ2n) is 4.49. The van der Waals surface area contributed by atoms with Gasteiger partial charge in [-0.05, 0) is 12.8 Å². The molecule has 0 saturated carbocycles. The monoisotopic (exact) mass is 252 g/mol. The van der Waals surface area contributed by atoms with Crippen LogP contribution in [0.25, 0.3) is 0 Å². The molecule has 0 aromatic heterocycles. The summed E-state index contributed by atoms with van der Waals surface area (Å²) >= 11 is 0. The van der Waals surface area contributed by atoms with Gasteiger partial charge in [0.2, 0.25) is 0 Å². The molecule has 3 nitrogen and oxygen atoms in total. The third kappa shape index (κ3) is 4.13. The SMILES string of the molecule is CCCCCCCc1c(O)cc(OC)cc1OC. The number of unbranched alkanes of at least 4 members (excludes halogenated alkanes) is 4. The lowest BCUT2D eigenvalue weighted by molar-refractivity contribution is 0.378. The van der Waals surface area contributed by atoms with Gasteiger partial charge in [0.25, 0.3) is 0 Å². The van der Waals surface area contributed by atoms with Crippen molar-refractivity contribution in [2.24, 2.45) is 0 Å². The van der Waals surface area contributed by atoms with Gasteiger partial charge in [-0.3, -0.25) is 0 Å². The van der Waals surface area contributed by atoms with Crippen molar-refractivity contribution >= 4 is 0 Å². The zero-order valence-corrected chi connectivity index (χ0v) is 11.7. The molecule has 1 aromatic rings. The normalized spacial score (nSPS) is 10.4. The lowest BCUT2D eigenvalue weighted by Gasteiger charge is -2.12. The first-order valence-electron chi connectivity index (χ1n) is 6.66. The highest BCUT2D eigenvalue weighted by atomic mass is 16.5. The maximum atomic E-state index is 9.98. The Hall–Kier alpha value is -1.38. The van der Waals surface area contributed by atoms with Gasteiger partial charge >= 0.3 is 0 Å². The van der Waals surface area contributed by atoms with Gasteiger partial charge in [-0.25, -0.2) is 0 Å². The summed E-state index contributed by atoms with van der Waals surface area (Å²) in [6.45, 7) is 2.21. The third-order valence-corrected chi connectivity index (χ3v) is 3.14. The van der Waals surface area contributed by atoms with Crippen LogP contribution in [0.5, 0.6) is 17.2 Å². The van der Waals surface area contributed by atoms with Gasteiger partial charge in [-0.2, -0.15) is 0 Å². The molecule has 1 aromatic carbocycles. The summed E-state index contributed by atoms with van der Waals surface area (Å²) in [7, 11) is 3.20. The van der Waals surface area contributed by atoms with Crippen LogP contribution in [0.1, 0.15) is 44.6 Å². The number of ether oxygens (including phenoxy) is 2. The van der Waals surface area contributed by atoms with Crippen LogP contribution in [-0.4, -0.2) is 19.3 Å². The molecule has 0 amide bonds. The van der Waals surface area contributed by atoms with E-state index in [1.807, 2.05) is 6.07 Å². The second-order valence-corrected chi connectivity index (χ2v) is 4.49. The first kappa shape index (κ1) is 14.7. The molecule has 102 valence electrons. The standard InChI is InChI=1S/C15H24O3/c1-4-5-6-7-8-9-13-14(16)10-12(17-2)11-15(13)18-3/h10-11,16H,4-9H2,1-3H3. The van der Waals surface area contributed by atoms with E-state index in [0.29, 0.717) is 11.5 Å². The topological polar surface area (TPSA) is 38.7 Å². The minimum atomic E-state index is 0.265. The second kappa shape index (κ2) is 7.85. The first-order chi connectivity index (χ1) is 8.72. The smallest absolute Gasteiger partial charge is 0.129 e. The maximum absolute atomic E-state index is 9.98. The molecule has 3 heteroatoms. The highest BCUT2D eigenvalue weighted by Gasteiger charge is 2.11. The molecular formula is C15H24O3. The van der Waals surface area contributed by atoms with Crippen molar-refractivity contribution in [2.45, 2.75) is 45.4 Å². The van der Waals surface area contributed by atoms with Gasteiger partial charge in [0.1, 0.15) is 17.2 Å². The Labute approximate surface area is 110 Å². The minimum Gasteiger partial charge on any atom is -0.507 e. The highest BCUT2D eigenvalue weighted by molar-refractivity contribution is 5.49. The lowest BCUT2D eigenvalue weighted by atomic mass is 10.0. The number of hydrogen-bond donors (Lipinski definition) is 1. The van der Waals surface area contributed by atoms with Gasteiger partial charge in [-0.1, -0.05) is 32.6 Å². The van der Waals surface area contributed by atoms with Crippen molar-refractivity contribution < 1.29 is 14.6 Å². The van der Waals surface area contributed by atoms with Gasteiger partial charge in [-0.15, -0.1) is 0 Å². The van der Waals surface area contributed by atoms with Crippen molar-refractivity contribution in [3.8, 4) is 17.2 Å². The van der Waals surface area contributed by atoms with Crippen molar-refractivity contribution in [3.63, 3.8) is 0 Å². The zero-order valence-electron chi connectivity index (χ0n) is 11.7. The Morgan fingerprint density at radius 1 is 1.00 bits per heavy atom. The zero-order chi connectivity index (χ0) is 13.4. The predicted octanol–water partition coefficient (Wildman–Crippen LogP) is 3.92. The van der Waals surface area contributed by atoms with E-state index >= 15 is 0 Å². The van der Waals surface area contributed by atoms with Gasteiger partial charge in [0, 0.05) is 17.7 Å². The number of hydrogen-bond acceptors (Lipinski definition) is 3. The Kier molecular flexibility index (Phi) is 6.40. The van der Waals surface area contributed by atoms with Crippen molar-refractivity contribution in [1.29, 1.82) is 0 Å². The average Bonchev–Trinajstić information content (AvgIpc) is 2.39. The molecule has 0 aliphatic heterocycles. The molecule has 0 saturated heterocycles. The summed E-state index contributed by atoms with van der Waals surface area (Å²) in [5.41, 5.74) is 0.884. The molecule has 0 radical (unpaired) electrons. The largest absolute Gasteiger partial charge is 0.507 e. The summed E-state index contributed by atoms with van der Waals surface area (Å²) in [4.78, 5) is 0. The Morgan fingerprint density at radius 2 is 1.72 bits per heavy atom. The van der Waals surface area contributed by atoms with Crippen molar-refractivity contribution in [3.05, 3.63) is 17.7 Å². The molecular weight excluding hydrogens is 228 g/mol. The molecule has 0 aliphatic carbocycles. The molecule has 0 spiro atoms. The van der Waals surface area contributed by atoms with Crippen LogP contribution >= 0.6 is 0 Å². The fourth-order valence-electron chi connectivity index (χ4n) is 2.06. The van der Waals surface area contributed by atoms with E-state index in [1.165, 1.54) is 25.7 Å². The summed E-state index contributed by atoms with van der Waals surface area (Å²) in [5.74, 6) is 1.60. The molecule has 18 heavy (non-hydrogen) atoms. The van der Waals surface area contributed by atoms with Crippen LogP contribution < -0.4 is 9.47 Å². The molecule has 0 atom stereocenters. The number of phenols is 1. The summed E-state index contributed by atoms with van der Waals surface area (Å²) < 4.78 is 10.4. The predicted molar refractivity (Wildman–Crippen MR) is 73.7 cm³/mol. The average molecular weight is 252 g/mol. The van der Waals surface area contributed by atoms with E-state index in [4.69, 9.17) is 9.47 Å². The Morgan fingerprint density at radius 3 is 2.33 bits per heavy atom. The molecule has 0 fully saturated rings. The maximum Gasteiger partial charge on any atom is 0.129 e. The molecule has 0 heterocycles. The van der Waals surface area contributed by atoms with Crippen LogP contribution in [0.15, 0.2) is 12.1 Å². The van der Waals surface area contributed by atoms with E-state index in [2.05, 4.69) is 6.92 Å². The Balaban J connectivity index is 2.63. The van der Waals surface area contributed by atoms with Crippen molar-refractivity contribution in [2.75, 3.05) is 14.2 Å². The van der Waals surface area contributed by atoms with Crippen molar-refractivity contribution in [1.82, 2.24) is 0 Å². The summed E-state index contributed by atoms with van der Waals surface area (Å²) in [6, 6.07) is 3.46. The fraction of sp³-hybridized carbons (Fsp3) is 0.600. The molecule has 0 unspecified atom stereocenters. The number of phenolic OH excluding ortho intramolecular Hbond substituents is 1. The molecule has 0 aliphatic rings. The van der Waals surface area contributed by atoms with E-state index in [1.54, 1.807) is 20.3 Å². The first-order valence-corrected chi connectivity index (χ1v) is 6.66. The molecule has 0 bridgehead atoms. The minimum absolute atomic E-state index is 0.265. The van der Waals surface area contributed by atoms with Crippen LogP contribution in [-0.2, 0) is 6.42 Å². The van der Waals surface area contributed by atoms with E-state index < -0.39 is 0 Å². The molecule has 1 rings (SSSR count). The van der Waals surface area contributed by atoms with E-state index in [0.717, 1.165) is 18.4 Å². The van der Waals surface area contributed by atoms with Crippen LogP contribution in [0, 0.1) is 0 Å². The van der Waals surface area contributed by atoms with Crippen LogP contribution in [0.3, 0.4) is 0 Å². The summed E-state index contributed by atoms with van der Waals surface area (Å²) in [6.07, 6.45) is 6.92. The van der Waals surface area contributed by atoms with Crippen LogP contribution in [0.4, 0.5) is 0 Å². The van der Waals surface area contributed by atoms with E-state index in [-0.39, 0.29) is 5.75 Å². The number of methoxy groups -OCH3 is 2. The fourth-order valence-corrected chi connectivity index (χ4v) is 2.06. The van der Waals surface area contributed by atoms with Gasteiger partial charge in [0.05, 0.1) is 14.2 Å². The number of rotatable bonds is 8. The quantitative estimate of drug-likeness (QED) is 0.713. The summed E-state index contributed by atoms with van der Waals surface area (Å²) in [5, 5.41) is 9.98. The van der Waals surface area contributed by atoms with Crippen LogP contribution in [0.2, 0.25) is 0 Å². The Bertz CT molecular complexity index is 361. The lowest BCUT2D eigenvalue weighted by Crippen LogP contribution is -1.95. The van der Waals surface area contributed by atoms with Gasteiger partial charge in [0.15, 0.2) is 0 Å². The highest BCUT2D eigenvalue weighted by Crippen LogP contribution is 2.34. The molecule has 1 N–H and O–H groups in total. The third-order valence-electron chi connectivity index (χ3n) is 3.14. The number of aromatic hydroxyl groups is 1.